The van der Waals surface area contributed by atoms with Gasteiger partial charge in [0, 0.05) is 19.0 Å². The number of benzene rings is 2. The van der Waals surface area contributed by atoms with Gasteiger partial charge in [-0.3, -0.25) is 4.79 Å². The van der Waals surface area contributed by atoms with Gasteiger partial charge in [0.1, 0.15) is 0 Å². The zero-order valence-electron chi connectivity index (χ0n) is 14.9. The Kier molecular flexibility index (Phi) is 5.67. The van der Waals surface area contributed by atoms with E-state index in [9.17, 15) is 13.2 Å². The van der Waals surface area contributed by atoms with Gasteiger partial charge in [0.25, 0.3) is 0 Å². The quantitative estimate of drug-likeness (QED) is 0.642. The van der Waals surface area contributed by atoms with Crippen LogP contribution in [0.15, 0.2) is 70.8 Å². The third-order valence-corrected chi connectivity index (χ3v) is 6.09. The molecule has 1 heterocycles. The number of carbonyl (C=O) groups is 1. The molecule has 0 radical (unpaired) electrons. The molecule has 0 fully saturated rings. The first-order chi connectivity index (χ1) is 12.8. The fraction of sp³-hybridized carbons (Fsp3) is 0.158. The van der Waals surface area contributed by atoms with E-state index < -0.39 is 9.84 Å². The number of aromatic nitrogens is 2. The number of carbonyl (C=O) groups excluding carboxylic acids is 1. The summed E-state index contributed by atoms with van der Waals surface area (Å²) in [5.74, 6) is 0.0174. The van der Waals surface area contributed by atoms with Crippen LogP contribution in [0.1, 0.15) is 0 Å². The summed E-state index contributed by atoms with van der Waals surface area (Å²) in [6, 6.07) is 16.0. The lowest BCUT2D eigenvalue weighted by molar-refractivity contribution is -0.113. The van der Waals surface area contributed by atoms with Gasteiger partial charge < -0.3 is 9.88 Å². The number of hydrogen-bond acceptors (Lipinski definition) is 5. The molecule has 0 saturated carbocycles. The minimum absolute atomic E-state index is 0.184. The van der Waals surface area contributed by atoms with E-state index in [0.717, 1.165) is 22.7 Å². The van der Waals surface area contributed by atoms with Crippen molar-refractivity contribution < 1.29 is 13.2 Å². The molecule has 8 heteroatoms. The van der Waals surface area contributed by atoms with Crippen LogP contribution in [-0.4, -0.2) is 35.9 Å². The number of nitrogens with one attached hydrogen (secondary N) is 1. The van der Waals surface area contributed by atoms with E-state index >= 15 is 0 Å². The zero-order chi connectivity index (χ0) is 19.4. The lowest BCUT2D eigenvalue weighted by Gasteiger charge is -2.07. The Hall–Kier alpha value is -2.58. The first-order valence-corrected chi connectivity index (χ1v) is 11.0. The highest BCUT2D eigenvalue weighted by atomic mass is 32.2. The smallest absolute Gasteiger partial charge is 0.234 e. The molecule has 1 amide bonds. The van der Waals surface area contributed by atoms with Crippen molar-refractivity contribution in [3.8, 4) is 11.3 Å². The predicted molar refractivity (Wildman–Crippen MR) is 108 cm³/mol. The first kappa shape index (κ1) is 19.2. The van der Waals surface area contributed by atoms with Crippen LogP contribution < -0.4 is 5.32 Å². The highest BCUT2D eigenvalue weighted by Crippen LogP contribution is 2.24. The van der Waals surface area contributed by atoms with E-state index in [1.165, 1.54) is 23.9 Å². The van der Waals surface area contributed by atoms with Crippen LogP contribution in [0, 0.1) is 0 Å². The Bertz CT molecular complexity index is 1040. The first-order valence-electron chi connectivity index (χ1n) is 8.14. The van der Waals surface area contributed by atoms with E-state index in [1.807, 2.05) is 41.9 Å². The Balaban J connectivity index is 1.61. The van der Waals surface area contributed by atoms with E-state index in [0.29, 0.717) is 5.69 Å². The van der Waals surface area contributed by atoms with Crippen LogP contribution in [0.5, 0.6) is 0 Å². The van der Waals surface area contributed by atoms with Crippen molar-refractivity contribution in [3.05, 3.63) is 60.8 Å². The topological polar surface area (TPSA) is 81.1 Å². The molecule has 0 aliphatic carbocycles. The fourth-order valence-electron chi connectivity index (χ4n) is 2.52. The van der Waals surface area contributed by atoms with Gasteiger partial charge in [0.15, 0.2) is 15.0 Å². The largest absolute Gasteiger partial charge is 0.325 e. The summed E-state index contributed by atoms with van der Waals surface area (Å²) in [5.41, 5.74) is 2.60. The summed E-state index contributed by atoms with van der Waals surface area (Å²) in [4.78, 5) is 16.8. The number of hydrogen-bond donors (Lipinski definition) is 1. The highest BCUT2D eigenvalue weighted by Gasteiger charge is 2.12. The average Bonchev–Trinajstić information content (AvgIpc) is 3.01. The van der Waals surface area contributed by atoms with Crippen molar-refractivity contribution in [3.63, 3.8) is 0 Å². The number of sulfone groups is 1. The van der Waals surface area contributed by atoms with Gasteiger partial charge in [-0.05, 0) is 29.8 Å². The molecule has 0 aliphatic rings. The molecule has 0 bridgehead atoms. The number of thioether (sulfide) groups is 1. The summed E-state index contributed by atoms with van der Waals surface area (Å²) in [6.45, 7) is 0. The van der Waals surface area contributed by atoms with Crippen molar-refractivity contribution in [1.29, 1.82) is 0 Å². The number of rotatable bonds is 6. The molecule has 140 valence electrons. The Morgan fingerprint density at radius 1 is 1.11 bits per heavy atom. The maximum absolute atomic E-state index is 12.2. The lowest BCUT2D eigenvalue weighted by atomic mass is 10.2. The van der Waals surface area contributed by atoms with Crippen LogP contribution in [0.3, 0.4) is 0 Å². The van der Waals surface area contributed by atoms with Crippen LogP contribution in [0.4, 0.5) is 5.69 Å². The molecular weight excluding hydrogens is 382 g/mol. The van der Waals surface area contributed by atoms with Gasteiger partial charge in [0.2, 0.25) is 5.91 Å². The summed E-state index contributed by atoms with van der Waals surface area (Å²) >= 11 is 1.34. The molecule has 1 N–H and O–H groups in total. The summed E-state index contributed by atoms with van der Waals surface area (Å²) in [7, 11) is -1.33. The maximum atomic E-state index is 12.2. The Labute approximate surface area is 162 Å². The second-order valence-electron chi connectivity index (χ2n) is 5.98. The van der Waals surface area contributed by atoms with Crippen LogP contribution in [-0.2, 0) is 21.7 Å². The van der Waals surface area contributed by atoms with E-state index in [2.05, 4.69) is 10.3 Å². The van der Waals surface area contributed by atoms with Crippen molar-refractivity contribution in [2.45, 2.75) is 10.1 Å². The highest BCUT2D eigenvalue weighted by molar-refractivity contribution is 7.99. The molecule has 2 aromatic carbocycles. The maximum Gasteiger partial charge on any atom is 0.234 e. The van der Waals surface area contributed by atoms with Crippen molar-refractivity contribution >= 4 is 33.2 Å². The second-order valence-corrected chi connectivity index (χ2v) is 8.94. The normalized spacial score (nSPS) is 11.3. The van der Waals surface area contributed by atoms with Gasteiger partial charge in [0.05, 0.1) is 22.5 Å². The average molecular weight is 402 g/mol. The van der Waals surface area contributed by atoms with Gasteiger partial charge in [-0.1, -0.05) is 42.1 Å². The lowest BCUT2D eigenvalue weighted by Crippen LogP contribution is -2.14. The van der Waals surface area contributed by atoms with E-state index in [1.54, 1.807) is 18.3 Å². The van der Waals surface area contributed by atoms with Crippen molar-refractivity contribution in [1.82, 2.24) is 9.55 Å². The van der Waals surface area contributed by atoms with Gasteiger partial charge in [-0.25, -0.2) is 13.4 Å². The summed E-state index contributed by atoms with van der Waals surface area (Å²) in [6.07, 6.45) is 2.94. The number of amides is 1. The van der Waals surface area contributed by atoms with Gasteiger partial charge >= 0.3 is 0 Å². The number of imidazole rings is 1. The second kappa shape index (κ2) is 7.98. The third-order valence-electron chi connectivity index (χ3n) is 3.91. The van der Waals surface area contributed by atoms with Gasteiger partial charge in [-0.2, -0.15) is 0 Å². The standard InChI is InChI=1S/C19H19N3O3S2/c1-22-17(14-6-4-3-5-7-14)12-20-19(22)26-13-18(23)21-15-8-10-16(11-9-15)27(2,24)25/h3-12H,13H2,1-2H3,(H,21,23). The zero-order valence-corrected chi connectivity index (χ0v) is 16.5. The molecule has 6 nitrogen and oxygen atoms in total. The van der Waals surface area contributed by atoms with Crippen LogP contribution >= 0.6 is 11.8 Å². The minimum Gasteiger partial charge on any atom is -0.325 e. The van der Waals surface area contributed by atoms with E-state index in [-0.39, 0.29) is 16.6 Å². The Morgan fingerprint density at radius 3 is 2.41 bits per heavy atom. The molecule has 0 spiro atoms. The molecule has 1 aromatic heterocycles. The van der Waals surface area contributed by atoms with E-state index in [4.69, 9.17) is 0 Å². The molecule has 27 heavy (non-hydrogen) atoms. The molecule has 0 atom stereocenters. The van der Waals surface area contributed by atoms with Crippen molar-refractivity contribution in [2.75, 3.05) is 17.3 Å². The van der Waals surface area contributed by atoms with Gasteiger partial charge in [-0.15, -0.1) is 0 Å². The summed E-state index contributed by atoms with van der Waals surface area (Å²) in [5, 5.41) is 3.50. The number of anilines is 1. The minimum atomic E-state index is -3.25. The summed E-state index contributed by atoms with van der Waals surface area (Å²) < 4.78 is 24.9. The monoisotopic (exact) mass is 401 g/mol. The van der Waals surface area contributed by atoms with Crippen molar-refractivity contribution in [2.24, 2.45) is 7.05 Å². The Morgan fingerprint density at radius 2 is 1.78 bits per heavy atom. The molecule has 3 rings (SSSR count). The SMILES string of the molecule is Cn1c(-c2ccccc2)cnc1SCC(=O)Nc1ccc(S(C)(=O)=O)cc1. The fourth-order valence-corrected chi connectivity index (χ4v) is 3.90. The molecule has 3 aromatic rings. The molecule has 0 unspecified atom stereocenters. The van der Waals surface area contributed by atoms with Crippen LogP contribution in [0.25, 0.3) is 11.3 Å². The number of nitrogens with zero attached hydrogens (tertiary/aromatic N) is 2. The molecule has 0 aliphatic heterocycles. The third kappa shape index (κ3) is 4.78. The molecular formula is C19H19N3O3S2. The van der Waals surface area contributed by atoms with Crippen LogP contribution in [0.2, 0.25) is 0 Å². The molecule has 0 saturated heterocycles. The predicted octanol–water partition coefficient (Wildman–Crippen LogP) is 3.22.